The van der Waals surface area contributed by atoms with Crippen molar-refractivity contribution in [3.05, 3.63) is 80.6 Å². The van der Waals surface area contributed by atoms with Crippen LogP contribution in [0.5, 0.6) is 0 Å². The Morgan fingerprint density at radius 2 is 1.78 bits per heavy atom. The Hall–Kier alpha value is -2.97. The lowest BCUT2D eigenvalue weighted by atomic mass is 10.0. The van der Waals surface area contributed by atoms with Crippen molar-refractivity contribution in [1.29, 1.82) is 0 Å². The molecule has 0 radical (unpaired) electrons. The minimum atomic E-state index is -1.19. The van der Waals surface area contributed by atoms with Gasteiger partial charge in [-0.05, 0) is 49.7 Å². The highest BCUT2D eigenvalue weighted by atomic mass is 35.5. The van der Waals surface area contributed by atoms with E-state index in [-0.39, 0.29) is 12.0 Å². The molecular weight excluding hydrogens is 461 g/mol. The smallest absolute Gasteiger partial charge is 0.246 e. The van der Waals surface area contributed by atoms with Crippen LogP contribution in [0.25, 0.3) is 5.69 Å². The molecule has 0 aliphatic carbocycles. The second-order valence-electron chi connectivity index (χ2n) is 7.12. The van der Waals surface area contributed by atoms with E-state index >= 15 is 0 Å². The Morgan fingerprint density at radius 3 is 2.41 bits per heavy atom. The molecule has 3 rings (SSSR count). The number of hydrogen-bond acceptors (Lipinski definition) is 3. The minimum absolute atomic E-state index is 0.0733. The molecule has 0 fully saturated rings. The van der Waals surface area contributed by atoms with Crippen molar-refractivity contribution in [2.75, 3.05) is 7.05 Å². The van der Waals surface area contributed by atoms with Crippen molar-refractivity contribution in [2.24, 2.45) is 0 Å². The van der Waals surface area contributed by atoms with Crippen LogP contribution < -0.4 is 10.6 Å². The zero-order valence-electron chi connectivity index (χ0n) is 17.5. The number of aromatic nitrogens is 2. The van der Waals surface area contributed by atoms with E-state index < -0.39 is 29.5 Å². The molecule has 0 aliphatic heterocycles. The molecule has 2 aromatic carbocycles. The maximum atomic E-state index is 13.7. The Labute approximate surface area is 193 Å². The SMILES string of the molecule is CNC(=O)C(NC(=O)Cc1c(C)nn(-c2ccc(Cl)c(Cl)c2)c1C)c1ccc(F)c(F)c1. The maximum Gasteiger partial charge on any atom is 0.246 e. The molecule has 0 aliphatic rings. The van der Waals surface area contributed by atoms with Gasteiger partial charge in [0.1, 0.15) is 6.04 Å². The van der Waals surface area contributed by atoms with Crippen molar-refractivity contribution in [2.45, 2.75) is 26.3 Å². The zero-order valence-corrected chi connectivity index (χ0v) is 19.0. The number of rotatable bonds is 6. The summed E-state index contributed by atoms with van der Waals surface area (Å²) in [5.74, 6) is -3.20. The van der Waals surface area contributed by atoms with Gasteiger partial charge >= 0.3 is 0 Å². The predicted octanol–water partition coefficient (Wildman–Crippen LogP) is 4.22. The van der Waals surface area contributed by atoms with Gasteiger partial charge in [0.15, 0.2) is 11.6 Å². The number of hydrogen-bond donors (Lipinski definition) is 2. The van der Waals surface area contributed by atoms with Crippen LogP contribution in [0.1, 0.15) is 28.6 Å². The minimum Gasteiger partial charge on any atom is -0.357 e. The van der Waals surface area contributed by atoms with Crippen LogP contribution in [-0.2, 0) is 16.0 Å². The summed E-state index contributed by atoms with van der Waals surface area (Å²) < 4.78 is 28.6. The second-order valence-corrected chi connectivity index (χ2v) is 7.94. The maximum absolute atomic E-state index is 13.7. The van der Waals surface area contributed by atoms with Gasteiger partial charge in [0.05, 0.1) is 27.8 Å². The fourth-order valence-corrected chi connectivity index (χ4v) is 3.60. The molecule has 32 heavy (non-hydrogen) atoms. The topological polar surface area (TPSA) is 76.0 Å². The molecule has 0 spiro atoms. The molecule has 1 aromatic heterocycles. The highest BCUT2D eigenvalue weighted by Gasteiger charge is 2.24. The number of carbonyl (C=O) groups excluding carboxylic acids is 2. The summed E-state index contributed by atoms with van der Waals surface area (Å²) in [5.41, 5.74) is 2.79. The summed E-state index contributed by atoms with van der Waals surface area (Å²) in [6, 6.07) is 6.92. The van der Waals surface area contributed by atoms with E-state index in [1.54, 1.807) is 36.7 Å². The van der Waals surface area contributed by atoms with Crippen molar-refractivity contribution in [3.8, 4) is 5.69 Å². The van der Waals surface area contributed by atoms with Crippen LogP contribution in [0.4, 0.5) is 8.78 Å². The van der Waals surface area contributed by atoms with Crippen LogP contribution in [0.2, 0.25) is 10.0 Å². The molecule has 10 heteroatoms. The number of nitrogens with zero attached hydrogens (tertiary/aromatic N) is 2. The third-order valence-corrected chi connectivity index (χ3v) is 5.76. The van der Waals surface area contributed by atoms with Crippen LogP contribution >= 0.6 is 23.2 Å². The quantitative estimate of drug-likeness (QED) is 0.554. The molecule has 1 atom stereocenters. The second kappa shape index (κ2) is 9.67. The summed E-state index contributed by atoms with van der Waals surface area (Å²) in [5, 5.41) is 10.3. The average molecular weight is 481 g/mol. The van der Waals surface area contributed by atoms with Gasteiger partial charge in [-0.25, -0.2) is 13.5 Å². The number of likely N-dealkylation sites (N-methyl/N-ethyl adjacent to an activating group) is 1. The molecular formula is C22H20Cl2F2N4O2. The summed E-state index contributed by atoms with van der Waals surface area (Å²) >= 11 is 12.1. The van der Waals surface area contributed by atoms with E-state index in [0.717, 1.165) is 12.1 Å². The average Bonchev–Trinajstić information content (AvgIpc) is 3.03. The van der Waals surface area contributed by atoms with Gasteiger partial charge in [-0.2, -0.15) is 5.10 Å². The Balaban J connectivity index is 1.85. The lowest BCUT2D eigenvalue weighted by Gasteiger charge is -2.18. The molecule has 168 valence electrons. The van der Waals surface area contributed by atoms with Gasteiger partial charge in [0.25, 0.3) is 0 Å². The highest BCUT2D eigenvalue weighted by Crippen LogP contribution is 2.26. The van der Waals surface area contributed by atoms with Crippen LogP contribution in [0, 0.1) is 25.5 Å². The summed E-state index contributed by atoms with van der Waals surface area (Å²) in [4.78, 5) is 25.1. The molecule has 0 saturated heterocycles. The first-order valence-electron chi connectivity index (χ1n) is 9.58. The van der Waals surface area contributed by atoms with Crippen molar-refractivity contribution in [3.63, 3.8) is 0 Å². The van der Waals surface area contributed by atoms with Crippen LogP contribution in [-0.4, -0.2) is 28.6 Å². The number of carbonyl (C=O) groups is 2. The molecule has 6 nitrogen and oxygen atoms in total. The van der Waals surface area contributed by atoms with Crippen molar-refractivity contribution >= 4 is 35.0 Å². The van der Waals surface area contributed by atoms with Crippen LogP contribution in [0.3, 0.4) is 0 Å². The Morgan fingerprint density at radius 1 is 1.06 bits per heavy atom. The summed E-state index contributed by atoms with van der Waals surface area (Å²) in [6.07, 6.45) is -0.0733. The van der Waals surface area contributed by atoms with Gasteiger partial charge in [-0.15, -0.1) is 0 Å². The Kier molecular flexibility index (Phi) is 7.16. The molecule has 3 aromatic rings. The number of nitrogens with one attached hydrogen (secondary N) is 2. The molecule has 0 saturated carbocycles. The van der Waals surface area contributed by atoms with Gasteiger partial charge in [0, 0.05) is 18.3 Å². The molecule has 0 bridgehead atoms. The molecule has 1 heterocycles. The highest BCUT2D eigenvalue weighted by molar-refractivity contribution is 6.42. The lowest BCUT2D eigenvalue weighted by Crippen LogP contribution is -2.39. The largest absolute Gasteiger partial charge is 0.357 e. The fourth-order valence-electron chi connectivity index (χ4n) is 3.31. The summed E-state index contributed by atoms with van der Waals surface area (Å²) in [7, 11) is 1.39. The van der Waals surface area contributed by atoms with Gasteiger partial charge in [-0.3, -0.25) is 9.59 Å². The normalized spacial score (nSPS) is 11.8. The first kappa shape index (κ1) is 23.7. The first-order valence-corrected chi connectivity index (χ1v) is 10.3. The van der Waals surface area contributed by atoms with E-state index in [1.165, 1.54) is 13.1 Å². The van der Waals surface area contributed by atoms with Gasteiger partial charge in [-0.1, -0.05) is 29.3 Å². The van der Waals surface area contributed by atoms with Gasteiger partial charge in [0.2, 0.25) is 11.8 Å². The van der Waals surface area contributed by atoms with Crippen LogP contribution in [0.15, 0.2) is 36.4 Å². The molecule has 1 unspecified atom stereocenters. The number of amides is 2. The molecule has 2 amide bonds. The third-order valence-electron chi connectivity index (χ3n) is 5.02. The zero-order chi connectivity index (χ0) is 23.6. The first-order chi connectivity index (χ1) is 15.1. The fraction of sp³-hybridized carbons (Fsp3) is 0.227. The van der Waals surface area contributed by atoms with Crippen molar-refractivity contribution in [1.82, 2.24) is 20.4 Å². The Bertz CT molecular complexity index is 1200. The summed E-state index contributed by atoms with van der Waals surface area (Å²) in [6.45, 7) is 3.56. The number of aryl methyl sites for hydroxylation is 1. The molecule has 2 N–H and O–H groups in total. The van der Waals surface area contributed by atoms with E-state index in [9.17, 15) is 18.4 Å². The van der Waals surface area contributed by atoms with E-state index in [4.69, 9.17) is 23.2 Å². The van der Waals surface area contributed by atoms with E-state index in [2.05, 4.69) is 15.7 Å². The van der Waals surface area contributed by atoms with Gasteiger partial charge < -0.3 is 10.6 Å². The number of halogens is 4. The number of benzene rings is 2. The standard InChI is InChI=1S/C22H20Cl2F2N4O2/c1-11-15(12(2)30(29-11)14-5-6-16(23)17(24)9-14)10-20(31)28-21(22(32)27-3)13-4-7-18(25)19(26)8-13/h4-9,21H,10H2,1-3H3,(H,27,32)(H,28,31). The third kappa shape index (κ3) is 4.92. The lowest BCUT2D eigenvalue weighted by molar-refractivity contribution is -0.128. The predicted molar refractivity (Wildman–Crippen MR) is 118 cm³/mol. The van der Waals surface area contributed by atoms with E-state index in [0.29, 0.717) is 32.7 Å². The van der Waals surface area contributed by atoms with Crippen molar-refractivity contribution < 1.29 is 18.4 Å². The monoisotopic (exact) mass is 480 g/mol. The van der Waals surface area contributed by atoms with E-state index in [1.807, 2.05) is 0 Å².